The summed E-state index contributed by atoms with van der Waals surface area (Å²) in [7, 11) is 0. The quantitative estimate of drug-likeness (QED) is 0.142. The fraction of sp³-hybridized carbons (Fsp3) is 0.0270. The standard InChI is InChI=1S/C74H50N2/c1-6-23-51(24-7-1)52-25-22-34-57(47-52)76(58-43-46-70-66(48-58)63-37-18-19-38-67(63)73(70,53-26-8-2-9-27-53)54-28-10-3-11-29-54)60-42-45-65-62-36-17-21-40-69(62)74(72(65)50-60)68-39-20-16-35-61(68)64-44-41-59(49-71(64)74)75(55-30-12-4-13-31-55)56-32-14-5-15-33-56/h1-50H/i1D,6D,7D,23D,24D. The monoisotopic (exact) mass is 971 g/mol. The van der Waals surface area contributed by atoms with Crippen LogP contribution in [0.3, 0.4) is 0 Å². The van der Waals surface area contributed by atoms with Crippen LogP contribution in [0.5, 0.6) is 0 Å². The lowest BCUT2D eigenvalue weighted by Gasteiger charge is -2.34. The molecule has 12 aromatic carbocycles. The van der Waals surface area contributed by atoms with Crippen LogP contribution in [-0.2, 0) is 10.8 Å². The van der Waals surface area contributed by atoms with Crippen LogP contribution >= 0.6 is 0 Å². The molecular weight excluding hydrogens is 917 g/mol. The number of nitrogens with zero attached hydrogens (tertiary/aromatic N) is 2. The summed E-state index contributed by atoms with van der Waals surface area (Å²) in [4.78, 5) is 4.63. The third kappa shape index (κ3) is 6.41. The molecule has 0 radical (unpaired) electrons. The van der Waals surface area contributed by atoms with Crippen molar-refractivity contribution in [1.82, 2.24) is 0 Å². The highest BCUT2D eigenvalue weighted by molar-refractivity contribution is 5.98. The van der Waals surface area contributed by atoms with Crippen molar-refractivity contribution in [2.24, 2.45) is 0 Å². The van der Waals surface area contributed by atoms with Gasteiger partial charge in [-0.15, -0.1) is 0 Å². The van der Waals surface area contributed by atoms with E-state index >= 15 is 0 Å². The Bertz CT molecular complexity index is 4370. The maximum Gasteiger partial charge on any atom is 0.0727 e. The zero-order chi connectivity index (χ0) is 54.6. The second-order valence-electron chi connectivity index (χ2n) is 20.0. The fourth-order valence-corrected chi connectivity index (χ4v) is 13.2. The van der Waals surface area contributed by atoms with E-state index in [0.29, 0.717) is 5.56 Å². The number of hydrogen-bond acceptors (Lipinski definition) is 2. The Kier molecular flexibility index (Phi) is 8.91. The van der Waals surface area contributed by atoms with E-state index in [0.717, 1.165) is 56.4 Å². The summed E-state index contributed by atoms with van der Waals surface area (Å²) in [6.07, 6.45) is 0. The average Bonchev–Trinajstić information content (AvgIpc) is 1.93. The maximum atomic E-state index is 9.12. The minimum absolute atomic E-state index is 0.152. The minimum atomic E-state index is -0.731. The lowest BCUT2D eigenvalue weighted by molar-refractivity contribution is 0.768. The van der Waals surface area contributed by atoms with E-state index in [9.17, 15) is 0 Å². The Balaban J connectivity index is 0.993. The predicted molar refractivity (Wildman–Crippen MR) is 315 cm³/mol. The molecule has 0 heterocycles. The van der Waals surface area contributed by atoms with Crippen LogP contribution in [0, 0.1) is 0 Å². The first-order chi connectivity index (χ1) is 39.8. The van der Waals surface area contributed by atoms with E-state index in [1.807, 2.05) is 18.2 Å². The molecule has 0 aromatic heterocycles. The van der Waals surface area contributed by atoms with Gasteiger partial charge in [-0.1, -0.05) is 230 Å². The van der Waals surface area contributed by atoms with E-state index < -0.39 is 16.9 Å². The summed E-state index contributed by atoms with van der Waals surface area (Å²) in [5, 5.41) is 0. The number of rotatable bonds is 9. The van der Waals surface area contributed by atoms with E-state index in [4.69, 9.17) is 6.85 Å². The summed E-state index contributed by atoms with van der Waals surface area (Å²) < 4.78 is 44.1. The first-order valence-electron chi connectivity index (χ1n) is 28.5. The Morgan fingerprint density at radius 3 is 1.16 bits per heavy atom. The van der Waals surface area contributed by atoms with Gasteiger partial charge >= 0.3 is 0 Å². The Morgan fingerprint density at radius 1 is 0.237 bits per heavy atom. The molecule has 356 valence electrons. The Labute approximate surface area is 451 Å². The lowest BCUT2D eigenvalue weighted by Crippen LogP contribution is -2.28. The molecule has 0 saturated heterocycles. The third-order valence-corrected chi connectivity index (χ3v) is 16.2. The van der Waals surface area contributed by atoms with Crippen LogP contribution in [-0.4, -0.2) is 0 Å². The van der Waals surface area contributed by atoms with Gasteiger partial charge in [0.15, 0.2) is 0 Å². The van der Waals surface area contributed by atoms with Gasteiger partial charge in [0.2, 0.25) is 0 Å². The van der Waals surface area contributed by atoms with Gasteiger partial charge in [0.25, 0.3) is 0 Å². The molecule has 0 saturated carbocycles. The highest BCUT2D eigenvalue weighted by Crippen LogP contribution is 2.64. The average molecular weight is 972 g/mol. The van der Waals surface area contributed by atoms with Crippen molar-refractivity contribution < 1.29 is 6.85 Å². The molecule has 3 aliphatic carbocycles. The number of para-hydroxylation sites is 2. The summed E-state index contributed by atoms with van der Waals surface area (Å²) in [6.45, 7) is 0. The SMILES string of the molecule is [2H]c1c([2H])c([2H])c(-c2cccc(N(c3ccc4c(c3)-c3ccccc3C4(c3ccccc3)c3ccccc3)c3ccc4c(c3)C3(c5ccccc5-c5ccc(N(c6ccccc6)c6ccccc6)cc53)c3ccccc3-4)c2)c([2H])c1[2H]. The summed E-state index contributed by atoms with van der Waals surface area (Å²) >= 11 is 0. The molecule has 3 aliphatic rings. The van der Waals surface area contributed by atoms with Crippen molar-refractivity contribution >= 4 is 34.1 Å². The molecule has 12 aromatic rings. The zero-order valence-electron chi connectivity index (χ0n) is 46.4. The highest BCUT2D eigenvalue weighted by atomic mass is 15.1. The van der Waals surface area contributed by atoms with Crippen molar-refractivity contribution in [2.45, 2.75) is 10.8 Å². The largest absolute Gasteiger partial charge is 0.310 e. The molecule has 0 N–H and O–H groups in total. The third-order valence-electron chi connectivity index (χ3n) is 16.2. The van der Waals surface area contributed by atoms with Crippen molar-refractivity contribution in [3.05, 3.63) is 348 Å². The summed E-state index contributed by atoms with van der Waals surface area (Å²) in [5.41, 5.74) is 21.6. The Hall–Kier alpha value is -9.76. The van der Waals surface area contributed by atoms with Crippen LogP contribution in [0.15, 0.2) is 303 Å². The molecule has 2 heteroatoms. The molecule has 15 rings (SSSR count). The maximum absolute atomic E-state index is 9.12. The van der Waals surface area contributed by atoms with Crippen molar-refractivity contribution in [1.29, 1.82) is 0 Å². The molecule has 76 heavy (non-hydrogen) atoms. The number of anilines is 6. The van der Waals surface area contributed by atoms with Gasteiger partial charge < -0.3 is 9.80 Å². The first kappa shape index (κ1) is 38.8. The van der Waals surface area contributed by atoms with Crippen molar-refractivity contribution in [3.8, 4) is 44.5 Å². The van der Waals surface area contributed by atoms with E-state index in [1.54, 1.807) is 0 Å². The van der Waals surface area contributed by atoms with Crippen molar-refractivity contribution in [2.75, 3.05) is 9.80 Å². The van der Waals surface area contributed by atoms with Gasteiger partial charge in [0.1, 0.15) is 0 Å². The minimum Gasteiger partial charge on any atom is -0.310 e. The van der Waals surface area contributed by atoms with Gasteiger partial charge in [-0.25, -0.2) is 0 Å². The smallest absolute Gasteiger partial charge is 0.0727 e. The molecule has 1 unspecified atom stereocenters. The molecule has 0 fully saturated rings. The van der Waals surface area contributed by atoms with Crippen LogP contribution < -0.4 is 9.80 Å². The topological polar surface area (TPSA) is 6.48 Å². The van der Waals surface area contributed by atoms with Gasteiger partial charge in [-0.3, -0.25) is 0 Å². The van der Waals surface area contributed by atoms with Crippen molar-refractivity contribution in [3.63, 3.8) is 0 Å². The number of fused-ring (bicyclic) bond motifs is 13. The fourth-order valence-electron chi connectivity index (χ4n) is 13.2. The van der Waals surface area contributed by atoms with Crippen LogP contribution in [0.2, 0.25) is 0 Å². The molecule has 0 amide bonds. The second-order valence-corrected chi connectivity index (χ2v) is 20.0. The van der Waals surface area contributed by atoms with Crippen LogP contribution in [0.1, 0.15) is 51.4 Å². The molecular formula is C74H50N2. The normalized spacial score (nSPS) is 15.7. The molecule has 0 aliphatic heterocycles. The van der Waals surface area contributed by atoms with Gasteiger partial charge in [0.05, 0.1) is 17.7 Å². The zero-order valence-corrected chi connectivity index (χ0v) is 41.4. The van der Waals surface area contributed by atoms with Crippen LogP contribution in [0.25, 0.3) is 44.5 Å². The van der Waals surface area contributed by atoms with E-state index in [-0.39, 0.29) is 29.7 Å². The lowest BCUT2D eigenvalue weighted by atomic mass is 9.68. The molecule has 2 nitrogen and oxygen atoms in total. The molecule has 0 bridgehead atoms. The highest BCUT2D eigenvalue weighted by Gasteiger charge is 2.52. The Morgan fingerprint density at radius 2 is 0.618 bits per heavy atom. The van der Waals surface area contributed by atoms with Gasteiger partial charge in [0, 0.05) is 34.1 Å². The summed E-state index contributed by atoms with van der Waals surface area (Å²) in [5.74, 6) is 0. The second kappa shape index (κ2) is 17.4. The van der Waals surface area contributed by atoms with E-state index in [2.05, 4.69) is 265 Å². The van der Waals surface area contributed by atoms with Crippen LogP contribution in [0.4, 0.5) is 34.1 Å². The van der Waals surface area contributed by atoms with E-state index in [1.165, 1.54) is 55.6 Å². The molecule has 1 spiro atoms. The van der Waals surface area contributed by atoms with Gasteiger partial charge in [-0.2, -0.15) is 0 Å². The predicted octanol–water partition coefficient (Wildman–Crippen LogP) is 19.0. The number of hydrogen-bond donors (Lipinski definition) is 0. The van der Waals surface area contributed by atoms with Gasteiger partial charge in [-0.05, 0) is 162 Å². The molecule has 1 atom stereocenters. The summed E-state index contributed by atoms with van der Waals surface area (Å²) in [6, 6.07) is 96.2. The first-order valence-corrected chi connectivity index (χ1v) is 26.0. The number of benzene rings is 12.